The van der Waals surface area contributed by atoms with E-state index in [1.54, 1.807) is 0 Å². The van der Waals surface area contributed by atoms with Crippen molar-refractivity contribution in [3.05, 3.63) is 157 Å². The van der Waals surface area contributed by atoms with Gasteiger partial charge in [-0.05, 0) is 101 Å². The van der Waals surface area contributed by atoms with Gasteiger partial charge in [-0.25, -0.2) is 0 Å². The van der Waals surface area contributed by atoms with Crippen LogP contribution in [0.5, 0.6) is 0 Å². The van der Waals surface area contributed by atoms with Crippen LogP contribution in [0.2, 0.25) is 0 Å². The van der Waals surface area contributed by atoms with Crippen LogP contribution in [0.4, 0.5) is 0 Å². The zero-order chi connectivity index (χ0) is 29.0. The molecule has 0 N–H and O–H groups in total. The number of benzene rings is 6. The van der Waals surface area contributed by atoms with Gasteiger partial charge in [0.25, 0.3) is 0 Å². The summed E-state index contributed by atoms with van der Waals surface area (Å²) in [5.74, 6) is 0. The highest BCUT2D eigenvalue weighted by molar-refractivity contribution is 6.12. The minimum Gasteiger partial charge on any atom is -0.456 e. The first kappa shape index (κ1) is 24.9. The number of hydrogen-bond acceptors (Lipinski definition) is 1. The Morgan fingerprint density at radius 1 is 0.455 bits per heavy atom. The highest BCUT2D eigenvalue weighted by atomic mass is 16.3. The summed E-state index contributed by atoms with van der Waals surface area (Å²) in [5, 5.41) is 4.76. The molecule has 0 atom stereocenters. The van der Waals surface area contributed by atoms with Crippen molar-refractivity contribution in [2.24, 2.45) is 0 Å². The number of allylic oxidation sites excluding steroid dienone is 4. The Morgan fingerprint density at radius 3 is 2.02 bits per heavy atom. The Kier molecular flexibility index (Phi) is 5.67. The average molecular weight is 564 g/mol. The lowest BCUT2D eigenvalue weighted by Crippen LogP contribution is -1.93. The molecule has 208 valence electrons. The molecule has 2 heterocycles. The van der Waals surface area contributed by atoms with Gasteiger partial charge in [0.15, 0.2) is 0 Å². The summed E-state index contributed by atoms with van der Waals surface area (Å²) in [6.45, 7) is 0. The first-order chi connectivity index (χ1) is 21.8. The molecular weight excluding hydrogens is 534 g/mol. The molecule has 2 nitrogen and oxygen atoms in total. The Hall–Kier alpha value is -5.60. The third-order valence-corrected chi connectivity index (χ3v) is 9.01. The number of aromatic nitrogens is 1. The molecule has 0 radical (unpaired) electrons. The minimum absolute atomic E-state index is 0.902. The lowest BCUT2D eigenvalue weighted by atomic mass is 9.95. The number of para-hydroxylation sites is 1. The fourth-order valence-electron chi connectivity index (χ4n) is 6.85. The standard InChI is InChI=1S/C42H29NO/c1-3-10-28(11-4-1)30-14-9-15-31(24-30)33-19-22-41-37(26-33)38-27-34(20-23-42(38)44-41)43-39-17-8-7-16-35(39)36-25-32(18-21-40(36)43)29-12-5-2-6-13-29/h2-3,5-27H,1,4H2. The third kappa shape index (κ3) is 4.03. The van der Waals surface area contributed by atoms with E-state index in [0.717, 1.165) is 40.5 Å². The Bertz CT molecular complexity index is 2430. The molecule has 0 saturated heterocycles. The number of furan rings is 1. The predicted molar refractivity (Wildman–Crippen MR) is 185 cm³/mol. The molecule has 0 amide bonds. The largest absolute Gasteiger partial charge is 0.456 e. The van der Waals surface area contributed by atoms with Crippen LogP contribution in [0.3, 0.4) is 0 Å². The van der Waals surface area contributed by atoms with Crippen LogP contribution < -0.4 is 0 Å². The maximum absolute atomic E-state index is 6.35. The summed E-state index contributed by atoms with van der Waals surface area (Å²) in [6, 6.07) is 48.2. The molecule has 44 heavy (non-hydrogen) atoms. The van der Waals surface area contributed by atoms with Crippen molar-refractivity contribution < 1.29 is 4.42 Å². The van der Waals surface area contributed by atoms with E-state index in [1.807, 2.05) is 0 Å². The maximum Gasteiger partial charge on any atom is 0.135 e. The van der Waals surface area contributed by atoms with Gasteiger partial charge in [-0.2, -0.15) is 0 Å². The van der Waals surface area contributed by atoms with Crippen molar-refractivity contribution >= 4 is 49.3 Å². The molecule has 0 fully saturated rings. The summed E-state index contributed by atoms with van der Waals surface area (Å²) < 4.78 is 8.73. The topological polar surface area (TPSA) is 18.1 Å². The highest BCUT2D eigenvalue weighted by Crippen LogP contribution is 2.38. The van der Waals surface area contributed by atoms with Crippen LogP contribution in [-0.4, -0.2) is 4.57 Å². The second-order valence-electron chi connectivity index (χ2n) is 11.7. The average Bonchev–Trinajstić information content (AvgIpc) is 3.63. The quantitative estimate of drug-likeness (QED) is 0.208. The fraction of sp³-hybridized carbons (Fsp3) is 0.0476. The van der Waals surface area contributed by atoms with E-state index < -0.39 is 0 Å². The Labute approximate surface area is 255 Å². The van der Waals surface area contributed by atoms with Gasteiger partial charge < -0.3 is 8.98 Å². The van der Waals surface area contributed by atoms with Crippen molar-refractivity contribution in [1.82, 2.24) is 4.57 Å². The van der Waals surface area contributed by atoms with E-state index in [2.05, 4.69) is 156 Å². The van der Waals surface area contributed by atoms with Crippen LogP contribution in [0.1, 0.15) is 18.4 Å². The molecule has 0 saturated carbocycles. The lowest BCUT2D eigenvalue weighted by Gasteiger charge is -2.10. The van der Waals surface area contributed by atoms with Crippen molar-refractivity contribution in [1.29, 1.82) is 0 Å². The van der Waals surface area contributed by atoms with E-state index >= 15 is 0 Å². The van der Waals surface area contributed by atoms with Gasteiger partial charge in [-0.1, -0.05) is 97.1 Å². The van der Waals surface area contributed by atoms with Gasteiger partial charge in [0, 0.05) is 27.2 Å². The molecule has 0 bridgehead atoms. The summed E-state index contributed by atoms with van der Waals surface area (Å²) in [4.78, 5) is 0. The third-order valence-electron chi connectivity index (χ3n) is 9.01. The van der Waals surface area contributed by atoms with Gasteiger partial charge in [-0.3, -0.25) is 0 Å². The molecule has 0 spiro atoms. The fourth-order valence-corrected chi connectivity index (χ4v) is 6.85. The highest BCUT2D eigenvalue weighted by Gasteiger charge is 2.16. The van der Waals surface area contributed by atoms with E-state index in [9.17, 15) is 0 Å². The summed E-state index contributed by atoms with van der Waals surface area (Å²) >= 11 is 0. The molecule has 9 rings (SSSR count). The molecule has 1 aliphatic carbocycles. The van der Waals surface area contributed by atoms with Crippen LogP contribution in [0, 0.1) is 0 Å². The monoisotopic (exact) mass is 563 g/mol. The van der Waals surface area contributed by atoms with Gasteiger partial charge in [0.1, 0.15) is 11.2 Å². The second kappa shape index (κ2) is 10.00. The van der Waals surface area contributed by atoms with Gasteiger partial charge in [-0.15, -0.1) is 0 Å². The summed E-state index contributed by atoms with van der Waals surface area (Å²) in [6.07, 6.45) is 9.07. The van der Waals surface area contributed by atoms with Crippen molar-refractivity contribution in [2.45, 2.75) is 12.8 Å². The number of rotatable bonds is 4. The zero-order valence-corrected chi connectivity index (χ0v) is 24.2. The number of nitrogens with zero attached hydrogens (tertiary/aromatic N) is 1. The summed E-state index contributed by atoms with van der Waals surface area (Å²) in [7, 11) is 0. The van der Waals surface area contributed by atoms with E-state index in [0.29, 0.717) is 0 Å². The molecule has 8 aromatic rings. The van der Waals surface area contributed by atoms with E-state index in [4.69, 9.17) is 4.42 Å². The maximum atomic E-state index is 6.35. The second-order valence-corrected chi connectivity index (χ2v) is 11.7. The van der Waals surface area contributed by atoms with Crippen LogP contribution in [-0.2, 0) is 0 Å². The van der Waals surface area contributed by atoms with Crippen LogP contribution in [0.25, 0.3) is 77.3 Å². The van der Waals surface area contributed by atoms with Crippen LogP contribution >= 0.6 is 0 Å². The zero-order valence-electron chi connectivity index (χ0n) is 24.2. The van der Waals surface area contributed by atoms with Gasteiger partial charge >= 0.3 is 0 Å². The van der Waals surface area contributed by atoms with Crippen molar-refractivity contribution in [3.8, 4) is 27.9 Å². The van der Waals surface area contributed by atoms with Crippen molar-refractivity contribution in [2.75, 3.05) is 0 Å². The van der Waals surface area contributed by atoms with Gasteiger partial charge in [0.05, 0.1) is 11.0 Å². The van der Waals surface area contributed by atoms with Crippen LogP contribution in [0.15, 0.2) is 156 Å². The molecule has 2 heteroatoms. The SMILES string of the molecule is C1=CC(c2cccc(-c3ccc4oc5ccc(-n6c7ccccc7c7cc(-c8ccccc8)ccc76)cc5c4c3)c2)=CCC1. The molecular formula is C42H29NO. The van der Waals surface area contributed by atoms with E-state index in [1.165, 1.54) is 55.2 Å². The normalized spacial score (nSPS) is 13.3. The predicted octanol–water partition coefficient (Wildman–Crippen LogP) is 11.8. The Balaban J connectivity index is 1.20. The van der Waals surface area contributed by atoms with E-state index in [-0.39, 0.29) is 0 Å². The number of fused-ring (bicyclic) bond motifs is 6. The molecule has 0 unspecified atom stereocenters. The molecule has 0 aliphatic heterocycles. The van der Waals surface area contributed by atoms with Gasteiger partial charge in [0.2, 0.25) is 0 Å². The molecule has 6 aromatic carbocycles. The summed E-state index contributed by atoms with van der Waals surface area (Å²) in [5.41, 5.74) is 12.8. The minimum atomic E-state index is 0.902. The smallest absolute Gasteiger partial charge is 0.135 e. The first-order valence-corrected chi connectivity index (χ1v) is 15.3. The van der Waals surface area contributed by atoms with Crippen molar-refractivity contribution in [3.63, 3.8) is 0 Å². The lowest BCUT2D eigenvalue weighted by molar-refractivity contribution is 0.669. The molecule has 2 aromatic heterocycles. The number of hydrogen-bond donors (Lipinski definition) is 0. The Morgan fingerprint density at radius 2 is 1.14 bits per heavy atom. The molecule has 1 aliphatic rings. The first-order valence-electron chi connectivity index (χ1n) is 15.3.